The van der Waals surface area contributed by atoms with Crippen molar-refractivity contribution in [3.63, 3.8) is 0 Å². The van der Waals surface area contributed by atoms with Crippen LogP contribution in [-0.4, -0.2) is 14.5 Å². The van der Waals surface area contributed by atoms with E-state index >= 15 is 0 Å². The Hall–Kier alpha value is -6.65. The Morgan fingerprint density at radius 3 is 1.97 bits per heavy atom. The van der Waals surface area contributed by atoms with Crippen LogP contribution in [0.2, 0.25) is 0 Å². The molecule has 1 radical (unpaired) electrons. The second kappa shape index (κ2) is 20.7. The Morgan fingerprint density at radius 1 is 0.647 bits per heavy atom. The second-order valence-electron chi connectivity index (χ2n) is 18.4. The zero-order valence-corrected chi connectivity index (χ0v) is 41.5. The zero-order valence-electron chi connectivity index (χ0n) is 42.1. The van der Waals surface area contributed by atoms with Crippen LogP contribution in [0.1, 0.15) is 104 Å². The number of pyridine rings is 1. The van der Waals surface area contributed by atoms with Gasteiger partial charge in [-0.3, -0.25) is 4.98 Å². The normalized spacial score (nSPS) is 13.7. The number of imidazole rings is 1. The molecule has 0 aliphatic heterocycles. The fourth-order valence-electron chi connectivity index (χ4n) is 9.68. The van der Waals surface area contributed by atoms with E-state index in [2.05, 4.69) is 177 Å². The fourth-order valence-corrected chi connectivity index (χ4v) is 9.68. The molecular formula is C63H57IrN3O-2. The van der Waals surface area contributed by atoms with Gasteiger partial charge in [0.1, 0.15) is 0 Å². The topological polar surface area (TPSA) is 43.9 Å². The van der Waals surface area contributed by atoms with Crippen molar-refractivity contribution in [2.24, 2.45) is 0 Å². The number of fused-ring (bicyclic) bond motifs is 2. The Balaban J connectivity index is 0.000000313. The average molecular weight is 1070 g/mol. The maximum absolute atomic E-state index is 7.23. The number of hydrogen-bond acceptors (Lipinski definition) is 3. The molecule has 341 valence electrons. The summed E-state index contributed by atoms with van der Waals surface area (Å²) in [7, 11) is 0. The summed E-state index contributed by atoms with van der Waals surface area (Å²) in [4.78, 5) is 9.55. The van der Waals surface area contributed by atoms with E-state index in [0.29, 0.717) is 5.92 Å². The van der Waals surface area contributed by atoms with E-state index < -0.39 is 6.85 Å². The number of nitrogens with zero attached hydrogens (tertiary/aromatic N) is 3. The Labute approximate surface area is 419 Å². The summed E-state index contributed by atoms with van der Waals surface area (Å²) >= 11 is 0. The largest absolute Gasteiger partial charge is 0.499 e. The van der Waals surface area contributed by atoms with Gasteiger partial charge in [0.05, 0.1) is 28.2 Å². The predicted octanol–water partition coefficient (Wildman–Crippen LogP) is 17.4. The van der Waals surface area contributed by atoms with Gasteiger partial charge in [-0.2, -0.15) is 0 Å². The van der Waals surface area contributed by atoms with E-state index in [1.54, 1.807) is 18.2 Å². The quantitative estimate of drug-likeness (QED) is 0.135. The van der Waals surface area contributed by atoms with Gasteiger partial charge in [-0.25, -0.2) is 0 Å². The van der Waals surface area contributed by atoms with Crippen molar-refractivity contribution in [1.82, 2.24) is 14.5 Å². The van der Waals surface area contributed by atoms with Gasteiger partial charge in [-0.15, -0.1) is 48.0 Å². The summed E-state index contributed by atoms with van der Waals surface area (Å²) in [6.45, 7) is 7.13. The van der Waals surface area contributed by atoms with E-state index in [1.165, 1.54) is 71.8 Å². The van der Waals surface area contributed by atoms with E-state index in [0.717, 1.165) is 67.1 Å². The van der Waals surface area contributed by atoms with E-state index in [-0.39, 0.29) is 37.5 Å². The molecular weight excluding hydrogens is 1010 g/mol. The van der Waals surface area contributed by atoms with Crippen LogP contribution in [0.15, 0.2) is 180 Å². The average Bonchev–Trinajstić information content (AvgIpc) is 4.02. The first kappa shape index (κ1) is 42.7. The molecule has 0 atom stereocenters. The van der Waals surface area contributed by atoms with Gasteiger partial charge in [-0.1, -0.05) is 173 Å². The van der Waals surface area contributed by atoms with Crippen LogP contribution in [0, 0.1) is 19.0 Å². The third kappa shape index (κ3) is 9.70. The molecule has 10 aromatic rings. The van der Waals surface area contributed by atoms with Crippen LogP contribution in [-0.2, 0) is 20.1 Å². The van der Waals surface area contributed by atoms with Gasteiger partial charge in [0.15, 0.2) is 0 Å². The van der Waals surface area contributed by atoms with Crippen molar-refractivity contribution in [2.75, 3.05) is 0 Å². The van der Waals surface area contributed by atoms with Crippen LogP contribution < -0.4 is 0 Å². The van der Waals surface area contributed by atoms with Crippen molar-refractivity contribution in [1.29, 1.82) is 0 Å². The number of hydrogen-bond donors (Lipinski definition) is 0. The van der Waals surface area contributed by atoms with Crippen molar-refractivity contribution in [2.45, 2.75) is 84.4 Å². The molecule has 0 saturated heterocycles. The molecule has 1 aliphatic carbocycles. The number of rotatable bonds is 9. The van der Waals surface area contributed by atoms with Gasteiger partial charge in [0.25, 0.3) is 0 Å². The molecule has 0 amide bonds. The van der Waals surface area contributed by atoms with Gasteiger partial charge in [0.2, 0.25) is 0 Å². The number of para-hydroxylation sites is 2. The maximum atomic E-state index is 7.23. The molecule has 68 heavy (non-hydrogen) atoms. The minimum absolute atomic E-state index is 0. The molecule has 1 fully saturated rings. The molecule has 0 unspecified atom stereocenters. The zero-order chi connectivity index (χ0) is 48.4. The number of furan rings is 1. The third-order valence-corrected chi connectivity index (χ3v) is 13.2. The predicted molar refractivity (Wildman–Crippen MR) is 279 cm³/mol. The van der Waals surface area contributed by atoms with Crippen LogP contribution in [0.5, 0.6) is 0 Å². The van der Waals surface area contributed by atoms with Crippen molar-refractivity contribution < 1.29 is 28.6 Å². The Kier molecular flexibility index (Phi) is 13.0. The van der Waals surface area contributed by atoms with Crippen LogP contribution in [0.4, 0.5) is 0 Å². The first-order valence-corrected chi connectivity index (χ1v) is 23.8. The molecule has 1 saturated carbocycles. The summed E-state index contributed by atoms with van der Waals surface area (Å²) in [6.07, 6.45) is 7.97. The monoisotopic (exact) mass is 1070 g/mol. The minimum atomic E-state index is -2.09. The summed E-state index contributed by atoms with van der Waals surface area (Å²) in [5.41, 5.74) is 16.7. The number of aryl methyl sites for hydroxylation is 1. The maximum Gasteiger partial charge on any atom is 0.0914 e. The molecule has 0 N–H and O–H groups in total. The van der Waals surface area contributed by atoms with Gasteiger partial charge in [-0.05, 0) is 112 Å². The summed E-state index contributed by atoms with van der Waals surface area (Å²) in [5.74, 6) is 2.94. The summed E-state index contributed by atoms with van der Waals surface area (Å²) in [5, 5.41) is 0.948. The first-order valence-electron chi connectivity index (χ1n) is 25.3. The van der Waals surface area contributed by atoms with E-state index in [9.17, 15) is 0 Å². The summed E-state index contributed by atoms with van der Waals surface area (Å²) < 4.78 is 30.9. The molecule has 3 aromatic heterocycles. The fraction of sp³-hybridized carbons (Fsp3) is 0.206. The molecule has 11 rings (SSSR count). The van der Waals surface area contributed by atoms with Crippen molar-refractivity contribution in [3.05, 3.63) is 210 Å². The van der Waals surface area contributed by atoms with E-state index in [1.807, 2.05) is 24.3 Å². The molecule has 7 aromatic carbocycles. The van der Waals surface area contributed by atoms with E-state index in [4.69, 9.17) is 13.5 Å². The van der Waals surface area contributed by atoms with Gasteiger partial charge < -0.3 is 14.0 Å². The Morgan fingerprint density at radius 2 is 1.32 bits per heavy atom. The molecule has 0 bridgehead atoms. The Bertz CT molecular complexity index is 3340. The molecule has 5 heteroatoms. The SMILES string of the molecule is CC(C)c1cc(-c2ccccc2)cc(C(C)C)c1-n1c(-c2[c-]c3cc(-c4ccccc4)oc3c(-c3ccc(C4CCCCC4)cc3)c2)nc2ccccc21.[2H]C([2H])([2H])c1ccc(-c2[c-]cccc2)nc1.[Ir]. The third-order valence-electron chi connectivity index (χ3n) is 13.2. The molecule has 3 heterocycles. The standard InChI is InChI=1S/C51H47N2O.C12H10N.Ir/c1-33(2)43-29-40(36-18-10-6-11-19-36)30-44(34(3)4)49(43)53-47-23-15-14-22-46(47)52-51(53)42-28-41-32-48(39-20-12-7-13-21-39)54-50(41)45(31-42)38-26-24-37(25-27-38)35-16-8-5-9-17-35;1-10-7-8-12(13-9-10)11-5-3-2-4-6-11;/h6-7,10-15,18-27,29-35H,5,8-9,16-17H2,1-4H3;2-5,7-9H,1H3;/q2*-1;/i;1D3;. The smallest absolute Gasteiger partial charge is 0.0914 e. The van der Waals surface area contributed by atoms with Crippen molar-refractivity contribution >= 4 is 22.0 Å². The van der Waals surface area contributed by atoms with Crippen LogP contribution in [0.3, 0.4) is 0 Å². The molecule has 1 aliphatic rings. The van der Waals surface area contributed by atoms with Crippen LogP contribution in [0.25, 0.3) is 83.9 Å². The first-order chi connectivity index (χ1) is 34.0. The number of benzene rings is 7. The minimum Gasteiger partial charge on any atom is -0.499 e. The molecule has 0 spiro atoms. The van der Waals surface area contributed by atoms with Gasteiger partial charge in [0, 0.05) is 41.7 Å². The summed E-state index contributed by atoms with van der Waals surface area (Å²) in [6, 6.07) is 65.8. The van der Waals surface area contributed by atoms with Gasteiger partial charge >= 0.3 is 0 Å². The van der Waals surface area contributed by atoms with Crippen LogP contribution >= 0.6 is 0 Å². The molecule has 4 nitrogen and oxygen atoms in total. The number of aromatic nitrogens is 3. The van der Waals surface area contributed by atoms with Crippen molar-refractivity contribution in [3.8, 4) is 61.9 Å². The second-order valence-corrected chi connectivity index (χ2v) is 18.4.